The number of amides is 4. The summed E-state index contributed by atoms with van der Waals surface area (Å²) in [6, 6.07) is 19.6. The molecule has 1 aliphatic heterocycles. The zero-order chi connectivity index (χ0) is 24.9. The highest BCUT2D eigenvalue weighted by molar-refractivity contribution is 6.16. The predicted molar refractivity (Wildman–Crippen MR) is 129 cm³/mol. The Hall–Kier alpha value is -4.92. The summed E-state index contributed by atoms with van der Waals surface area (Å²) in [7, 11) is 1.53. The zero-order valence-electron chi connectivity index (χ0n) is 18.6. The standard InChI is InChI=1S/C26H21N3O6/c1-35-21-11-9-20(10-12-21)27-23(30)15-29-24(31)22(28-26(29)34)14-16-3-2-4-19(13-16)17-5-7-18(8-6-17)25(32)33/h2-14H,15H2,1H3,(H,27,30)(H,28,34)(H,32,33)/b22-14-. The van der Waals surface area contributed by atoms with Gasteiger partial charge in [0.25, 0.3) is 5.91 Å². The normalized spacial score (nSPS) is 14.1. The first-order chi connectivity index (χ1) is 16.8. The predicted octanol–water partition coefficient (Wildman–Crippen LogP) is 3.59. The van der Waals surface area contributed by atoms with Crippen molar-refractivity contribution in [1.82, 2.24) is 10.2 Å². The Morgan fingerprint density at radius 1 is 1.00 bits per heavy atom. The molecular formula is C26H21N3O6. The Balaban J connectivity index is 1.45. The maximum Gasteiger partial charge on any atom is 0.335 e. The molecule has 0 aliphatic carbocycles. The molecule has 0 saturated carbocycles. The fourth-order valence-electron chi connectivity index (χ4n) is 3.51. The van der Waals surface area contributed by atoms with Crippen molar-refractivity contribution >= 4 is 35.6 Å². The maximum absolute atomic E-state index is 12.8. The van der Waals surface area contributed by atoms with Crippen molar-refractivity contribution in [3.63, 3.8) is 0 Å². The molecule has 3 aromatic carbocycles. The average Bonchev–Trinajstić information content (AvgIpc) is 3.12. The quantitative estimate of drug-likeness (QED) is 0.357. The molecule has 35 heavy (non-hydrogen) atoms. The van der Waals surface area contributed by atoms with Crippen LogP contribution < -0.4 is 15.4 Å². The summed E-state index contributed by atoms with van der Waals surface area (Å²) in [5.74, 6) is -1.51. The number of aromatic carboxylic acids is 1. The van der Waals surface area contributed by atoms with Crippen LogP contribution >= 0.6 is 0 Å². The van der Waals surface area contributed by atoms with Gasteiger partial charge < -0.3 is 20.5 Å². The van der Waals surface area contributed by atoms with Crippen LogP contribution in [0.3, 0.4) is 0 Å². The van der Waals surface area contributed by atoms with Crippen LogP contribution in [0.2, 0.25) is 0 Å². The number of carboxylic acids is 1. The van der Waals surface area contributed by atoms with E-state index >= 15 is 0 Å². The maximum atomic E-state index is 12.8. The molecule has 9 heteroatoms. The number of nitrogens with zero attached hydrogens (tertiary/aromatic N) is 1. The SMILES string of the molecule is COc1ccc(NC(=O)CN2C(=O)N/C(=C\c3cccc(-c4ccc(C(=O)O)cc4)c3)C2=O)cc1. The van der Waals surface area contributed by atoms with E-state index in [0.29, 0.717) is 17.0 Å². The van der Waals surface area contributed by atoms with Gasteiger partial charge in [-0.3, -0.25) is 9.59 Å². The number of anilines is 1. The Morgan fingerprint density at radius 2 is 1.71 bits per heavy atom. The summed E-state index contributed by atoms with van der Waals surface area (Å²) >= 11 is 0. The third-order valence-corrected chi connectivity index (χ3v) is 5.30. The summed E-state index contributed by atoms with van der Waals surface area (Å²) in [6.45, 7) is -0.440. The summed E-state index contributed by atoms with van der Waals surface area (Å²) in [6.07, 6.45) is 1.52. The summed E-state index contributed by atoms with van der Waals surface area (Å²) in [5, 5.41) is 14.2. The largest absolute Gasteiger partial charge is 0.497 e. The van der Waals surface area contributed by atoms with Gasteiger partial charge in [0.05, 0.1) is 12.7 Å². The van der Waals surface area contributed by atoms with E-state index < -0.39 is 30.4 Å². The Bertz CT molecular complexity index is 1330. The minimum absolute atomic E-state index is 0.0469. The molecule has 1 saturated heterocycles. The molecule has 176 valence electrons. The number of nitrogens with one attached hydrogen (secondary N) is 2. The van der Waals surface area contributed by atoms with Gasteiger partial charge in [-0.1, -0.05) is 30.3 Å². The number of carboxylic acid groups (broad SMARTS) is 1. The second-order valence-electron chi connectivity index (χ2n) is 7.66. The second-order valence-corrected chi connectivity index (χ2v) is 7.66. The number of benzene rings is 3. The minimum Gasteiger partial charge on any atom is -0.497 e. The Morgan fingerprint density at radius 3 is 2.37 bits per heavy atom. The summed E-state index contributed by atoms with van der Waals surface area (Å²) in [4.78, 5) is 49.4. The van der Waals surface area contributed by atoms with Gasteiger partial charge in [0.1, 0.15) is 18.0 Å². The monoisotopic (exact) mass is 471 g/mol. The first-order valence-corrected chi connectivity index (χ1v) is 10.6. The molecule has 4 rings (SSSR count). The molecule has 3 aromatic rings. The van der Waals surface area contributed by atoms with E-state index in [-0.39, 0.29) is 11.3 Å². The molecule has 0 atom stereocenters. The number of hydrogen-bond donors (Lipinski definition) is 3. The number of imide groups is 1. The van der Waals surface area contributed by atoms with Crippen LogP contribution in [0.5, 0.6) is 5.75 Å². The van der Waals surface area contributed by atoms with Crippen LogP contribution in [-0.4, -0.2) is 47.5 Å². The molecule has 9 nitrogen and oxygen atoms in total. The van der Waals surface area contributed by atoms with E-state index in [4.69, 9.17) is 9.84 Å². The van der Waals surface area contributed by atoms with Crippen LogP contribution in [0.4, 0.5) is 10.5 Å². The van der Waals surface area contributed by atoms with E-state index in [1.54, 1.807) is 54.6 Å². The average molecular weight is 471 g/mol. The fraction of sp³-hybridized carbons (Fsp3) is 0.0769. The fourth-order valence-corrected chi connectivity index (χ4v) is 3.51. The van der Waals surface area contributed by atoms with E-state index in [0.717, 1.165) is 16.0 Å². The highest BCUT2D eigenvalue weighted by Gasteiger charge is 2.34. The molecule has 0 bridgehead atoms. The van der Waals surface area contributed by atoms with Crippen molar-refractivity contribution in [3.05, 3.63) is 89.6 Å². The van der Waals surface area contributed by atoms with Crippen molar-refractivity contribution in [2.24, 2.45) is 0 Å². The second kappa shape index (κ2) is 9.92. The van der Waals surface area contributed by atoms with Crippen LogP contribution in [0.15, 0.2) is 78.5 Å². The van der Waals surface area contributed by atoms with Gasteiger partial charge in [0.2, 0.25) is 5.91 Å². The third-order valence-electron chi connectivity index (χ3n) is 5.30. The molecule has 0 spiro atoms. The molecular weight excluding hydrogens is 450 g/mol. The number of methoxy groups -OCH3 is 1. The van der Waals surface area contributed by atoms with Crippen LogP contribution in [0.1, 0.15) is 15.9 Å². The molecule has 0 aromatic heterocycles. The lowest BCUT2D eigenvalue weighted by Gasteiger charge is -2.12. The van der Waals surface area contributed by atoms with Crippen LogP contribution in [-0.2, 0) is 9.59 Å². The van der Waals surface area contributed by atoms with Gasteiger partial charge in [0, 0.05) is 5.69 Å². The van der Waals surface area contributed by atoms with Gasteiger partial charge in [-0.2, -0.15) is 0 Å². The summed E-state index contributed by atoms with van der Waals surface area (Å²) < 4.78 is 5.07. The lowest BCUT2D eigenvalue weighted by atomic mass is 10.0. The zero-order valence-corrected chi connectivity index (χ0v) is 18.6. The Labute approximate surface area is 200 Å². The van der Waals surface area contributed by atoms with Gasteiger partial charge in [-0.15, -0.1) is 0 Å². The van der Waals surface area contributed by atoms with E-state index in [1.165, 1.54) is 25.3 Å². The molecule has 3 N–H and O–H groups in total. The van der Waals surface area contributed by atoms with E-state index in [2.05, 4.69) is 10.6 Å². The van der Waals surface area contributed by atoms with Crippen molar-refractivity contribution in [2.45, 2.75) is 0 Å². The molecule has 1 heterocycles. The Kier molecular flexibility index (Phi) is 6.59. The molecule has 1 aliphatic rings. The number of carbonyl (C=O) groups excluding carboxylic acids is 3. The van der Waals surface area contributed by atoms with Crippen molar-refractivity contribution in [1.29, 1.82) is 0 Å². The van der Waals surface area contributed by atoms with E-state index in [9.17, 15) is 19.2 Å². The van der Waals surface area contributed by atoms with Gasteiger partial charge in [-0.25, -0.2) is 14.5 Å². The van der Waals surface area contributed by atoms with E-state index in [1.807, 2.05) is 6.07 Å². The minimum atomic E-state index is -1.01. The molecule has 0 unspecified atom stereocenters. The number of carbonyl (C=O) groups is 4. The first-order valence-electron chi connectivity index (χ1n) is 10.6. The first kappa shape index (κ1) is 23.2. The van der Waals surface area contributed by atoms with Crippen LogP contribution in [0, 0.1) is 0 Å². The van der Waals surface area contributed by atoms with Crippen molar-refractivity contribution < 1.29 is 29.0 Å². The lowest BCUT2D eigenvalue weighted by molar-refractivity contribution is -0.127. The van der Waals surface area contributed by atoms with Gasteiger partial charge in [-0.05, 0) is 65.2 Å². The van der Waals surface area contributed by atoms with Crippen molar-refractivity contribution in [2.75, 3.05) is 19.0 Å². The number of hydrogen-bond acceptors (Lipinski definition) is 5. The van der Waals surface area contributed by atoms with Crippen LogP contribution in [0.25, 0.3) is 17.2 Å². The highest BCUT2D eigenvalue weighted by Crippen LogP contribution is 2.23. The molecule has 4 amide bonds. The number of rotatable bonds is 7. The summed E-state index contributed by atoms with van der Waals surface area (Å²) in [5.41, 5.74) is 3.00. The van der Waals surface area contributed by atoms with Crippen molar-refractivity contribution in [3.8, 4) is 16.9 Å². The number of ether oxygens (including phenoxy) is 1. The number of urea groups is 1. The smallest absolute Gasteiger partial charge is 0.335 e. The topological polar surface area (TPSA) is 125 Å². The highest BCUT2D eigenvalue weighted by atomic mass is 16.5. The lowest BCUT2D eigenvalue weighted by Crippen LogP contribution is -2.38. The third kappa shape index (κ3) is 5.36. The molecule has 0 radical (unpaired) electrons. The van der Waals surface area contributed by atoms with Gasteiger partial charge >= 0.3 is 12.0 Å². The molecule has 1 fully saturated rings. The van der Waals surface area contributed by atoms with Gasteiger partial charge in [0.15, 0.2) is 0 Å².